The van der Waals surface area contributed by atoms with E-state index >= 15 is 0 Å². The Kier molecular flexibility index (Phi) is 6.33. The third kappa shape index (κ3) is 5.37. The number of carbonyl (C=O) groups excluding carboxylic acids is 2. The third-order valence-electron chi connectivity index (χ3n) is 4.45. The number of nitrogens with one attached hydrogen (secondary N) is 3. The van der Waals surface area contributed by atoms with Crippen molar-refractivity contribution in [1.29, 1.82) is 0 Å². The summed E-state index contributed by atoms with van der Waals surface area (Å²) in [6, 6.07) is 12.4. The summed E-state index contributed by atoms with van der Waals surface area (Å²) in [7, 11) is 0. The van der Waals surface area contributed by atoms with Gasteiger partial charge < -0.3 is 15.7 Å². The van der Waals surface area contributed by atoms with Gasteiger partial charge >= 0.3 is 5.97 Å². The molecule has 0 aliphatic carbocycles. The quantitative estimate of drug-likeness (QED) is 0.448. The van der Waals surface area contributed by atoms with Crippen molar-refractivity contribution in [3.63, 3.8) is 0 Å². The second kappa shape index (κ2) is 9.09. The van der Waals surface area contributed by atoms with Crippen LogP contribution in [0.4, 0.5) is 0 Å². The average Bonchev–Trinajstić information content (AvgIpc) is 3.50. The van der Waals surface area contributed by atoms with Gasteiger partial charge in [-0.3, -0.25) is 24.7 Å². The molecule has 8 nitrogen and oxygen atoms in total. The molecule has 0 saturated carbocycles. The number of rotatable bonds is 9. The molecule has 1 aromatic heterocycles. The summed E-state index contributed by atoms with van der Waals surface area (Å²) in [4.78, 5) is 40.1. The predicted molar refractivity (Wildman–Crippen MR) is 101 cm³/mol. The molecule has 1 aromatic carbocycles. The molecule has 1 fully saturated rings. The van der Waals surface area contributed by atoms with E-state index in [2.05, 4.69) is 20.9 Å². The van der Waals surface area contributed by atoms with Gasteiger partial charge in [-0.25, -0.2) is 0 Å². The molecule has 2 amide bonds. The van der Waals surface area contributed by atoms with E-state index in [-0.39, 0.29) is 5.91 Å². The van der Waals surface area contributed by atoms with Crippen molar-refractivity contribution in [3.05, 3.63) is 66.0 Å². The van der Waals surface area contributed by atoms with Crippen LogP contribution in [-0.4, -0.2) is 52.5 Å². The van der Waals surface area contributed by atoms with Gasteiger partial charge in [0.25, 0.3) is 0 Å². The monoisotopic (exact) mass is 382 g/mol. The molecule has 3 atom stereocenters. The van der Waals surface area contributed by atoms with Crippen molar-refractivity contribution >= 4 is 17.8 Å². The Morgan fingerprint density at radius 2 is 1.82 bits per heavy atom. The van der Waals surface area contributed by atoms with E-state index in [4.69, 9.17) is 5.11 Å². The first-order valence-electron chi connectivity index (χ1n) is 9.05. The van der Waals surface area contributed by atoms with Crippen molar-refractivity contribution in [2.45, 2.75) is 31.0 Å². The molecule has 0 unspecified atom stereocenters. The summed E-state index contributed by atoms with van der Waals surface area (Å²) in [5.74, 6) is -1.89. The SMILES string of the molecule is O=C(NCCc1ccccn1)[C@H](Cc1ccccc1)NC(=O)[C@H]1N[C@@H]1C(=O)O. The number of hydrogen-bond acceptors (Lipinski definition) is 5. The van der Waals surface area contributed by atoms with Gasteiger partial charge in [-0.15, -0.1) is 0 Å². The highest BCUT2D eigenvalue weighted by atomic mass is 16.4. The van der Waals surface area contributed by atoms with Crippen molar-refractivity contribution in [3.8, 4) is 0 Å². The molecule has 2 heterocycles. The topological polar surface area (TPSA) is 130 Å². The van der Waals surface area contributed by atoms with Crippen LogP contribution in [0.2, 0.25) is 0 Å². The summed E-state index contributed by atoms with van der Waals surface area (Å²) in [5.41, 5.74) is 1.75. The first-order chi connectivity index (χ1) is 13.5. The number of pyridine rings is 1. The highest BCUT2D eigenvalue weighted by Crippen LogP contribution is 2.12. The number of nitrogens with zero attached hydrogens (tertiary/aromatic N) is 1. The number of carbonyl (C=O) groups is 3. The molecule has 0 spiro atoms. The average molecular weight is 382 g/mol. The fraction of sp³-hybridized carbons (Fsp3) is 0.300. The number of carboxylic acids is 1. The Morgan fingerprint density at radius 1 is 1.07 bits per heavy atom. The number of hydrogen-bond donors (Lipinski definition) is 4. The Hall–Kier alpha value is -3.26. The molecule has 146 valence electrons. The van der Waals surface area contributed by atoms with Gasteiger partial charge in [0, 0.05) is 31.3 Å². The standard InChI is InChI=1S/C20H22N4O4/c25-18(22-11-9-14-8-4-5-10-21-14)15(12-13-6-2-1-3-7-13)23-19(26)16-17(24-16)20(27)28/h1-8,10,15-17,24H,9,11-12H2,(H,22,25)(H,23,26)(H,27,28)/t15-,16-,17-/m0/s1. The van der Waals surface area contributed by atoms with Crippen molar-refractivity contribution in [2.24, 2.45) is 0 Å². The van der Waals surface area contributed by atoms with Gasteiger partial charge in [-0.05, 0) is 17.7 Å². The predicted octanol–water partition coefficient (Wildman–Crippen LogP) is -0.107. The van der Waals surface area contributed by atoms with Gasteiger partial charge in [0.15, 0.2) is 0 Å². The zero-order chi connectivity index (χ0) is 19.9. The van der Waals surface area contributed by atoms with E-state index in [1.54, 1.807) is 6.20 Å². The largest absolute Gasteiger partial charge is 0.480 e. The van der Waals surface area contributed by atoms with Crippen molar-refractivity contribution in [1.82, 2.24) is 20.9 Å². The van der Waals surface area contributed by atoms with Crippen LogP contribution < -0.4 is 16.0 Å². The summed E-state index contributed by atoms with van der Waals surface area (Å²) in [6.07, 6.45) is 2.58. The van der Waals surface area contributed by atoms with E-state index in [1.807, 2.05) is 48.5 Å². The van der Waals surface area contributed by atoms with Crippen LogP contribution in [0.15, 0.2) is 54.7 Å². The Balaban J connectivity index is 1.59. The fourth-order valence-electron chi connectivity index (χ4n) is 2.88. The third-order valence-corrected chi connectivity index (χ3v) is 4.45. The molecular formula is C20H22N4O4. The van der Waals surface area contributed by atoms with Crippen LogP contribution in [-0.2, 0) is 27.2 Å². The highest BCUT2D eigenvalue weighted by molar-refractivity contribution is 5.97. The molecule has 4 N–H and O–H groups in total. The second-order valence-corrected chi connectivity index (χ2v) is 6.57. The van der Waals surface area contributed by atoms with E-state index in [0.717, 1.165) is 11.3 Å². The maximum atomic E-state index is 12.6. The molecule has 1 saturated heterocycles. The lowest BCUT2D eigenvalue weighted by molar-refractivity contribution is -0.137. The molecule has 3 rings (SSSR count). The molecule has 0 radical (unpaired) electrons. The van der Waals surface area contributed by atoms with Crippen LogP contribution in [0, 0.1) is 0 Å². The normalized spacial score (nSPS) is 18.7. The first kappa shape index (κ1) is 19.5. The molecular weight excluding hydrogens is 360 g/mol. The summed E-state index contributed by atoms with van der Waals surface area (Å²) >= 11 is 0. The number of benzene rings is 1. The molecule has 8 heteroatoms. The van der Waals surface area contributed by atoms with E-state index in [0.29, 0.717) is 19.4 Å². The fourth-order valence-corrected chi connectivity index (χ4v) is 2.88. The highest BCUT2D eigenvalue weighted by Gasteiger charge is 2.48. The van der Waals surface area contributed by atoms with Crippen LogP contribution >= 0.6 is 0 Å². The zero-order valence-corrected chi connectivity index (χ0v) is 15.2. The minimum absolute atomic E-state index is 0.312. The van der Waals surface area contributed by atoms with Gasteiger partial charge in [-0.1, -0.05) is 36.4 Å². The molecule has 1 aliphatic rings. The number of carboxylic acid groups (broad SMARTS) is 1. The van der Waals surface area contributed by atoms with Gasteiger partial charge in [0.1, 0.15) is 18.1 Å². The van der Waals surface area contributed by atoms with Gasteiger partial charge in [-0.2, -0.15) is 0 Å². The maximum Gasteiger partial charge on any atom is 0.322 e. The van der Waals surface area contributed by atoms with Crippen molar-refractivity contribution < 1.29 is 19.5 Å². The Bertz CT molecular complexity index is 829. The van der Waals surface area contributed by atoms with Crippen molar-refractivity contribution in [2.75, 3.05) is 6.54 Å². The number of aromatic nitrogens is 1. The van der Waals surface area contributed by atoms with E-state index in [1.165, 1.54) is 0 Å². The Labute approximate surface area is 162 Å². The molecule has 0 bridgehead atoms. The summed E-state index contributed by atoms with van der Waals surface area (Å²) in [6.45, 7) is 0.385. The smallest absolute Gasteiger partial charge is 0.322 e. The molecule has 2 aromatic rings. The van der Waals surface area contributed by atoms with E-state index in [9.17, 15) is 14.4 Å². The second-order valence-electron chi connectivity index (χ2n) is 6.57. The zero-order valence-electron chi connectivity index (χ0n) is 15.2. The lowest BCUT2D eigenvalue weighted by atomic mass is 10.0. The molecule has 28 heavy (non-hydrogen) atoms. The molecule has 1 aliphatic heterocycles. The van der Waals surface area contributed by atoms with Crippen LogP contribution in [0.25, 0.3) is 0 Å². The lowest BCUT2D eigenvalue weighted by Crippen LogP contribution is -2.50. The van der Waals surface area contributed by atoms with Gasteiger partial charge in [0.05, 0.1) is 0 Å². The Morgan fingerprint density at radius 3 is 2.46 bits per heavy atom. The van der Waals surface area contributed by atoms with E-state index < -0.39 is 30.0 Å². The number of amides is 2. The van der Waals surface area contributed by atoms with Crippen LogP contribution in [0.5, 0.6) is 0 Å². The number of aliphatic carboxylic acids is 1. The summed E-state index contributed by atoms with van der Waals surface area (Å²) < 4.78 is 0. The maximum absolute atomic E-state index is 12.6. The minimum atomic E-state index is -1.08. The van der Waals surface area contributed by atoms with Gasteiger partial charge in [0.2, 0.25) is 11.8 Å². The summed E-state index contributed by atoms with van der Waals surface area (Å²) in [5, 5.41) is 17.0. The first-order valence-corrected chi connectivity index (χ1v) is 9.05. The minimum Gasteiger partial charge on any atom is -0.480 e. The lowest BCUT2D eigenvalue weighted by Gasteiger charge is -2.18. The van der Waals surface area contributed by atoms with Crippen LogP contribution in [0.3, 0.4) is 0 Å². The van der Waals surface area contributed by atoms with Crippen LogP contribution in [0.1, 0.15) is 11.3 Å².